The SMILES string of the molecule is CCOC(=O)[C@@]1(Cc2ccc(F)cc2F)CCCN(C(=O)c2cccc3nccnc23)C1. The molecule has 1 amide bonds. The van der Waals surface area contributed by atoms with Crippen LogP contribution < -0.4 is 0 Å². The highest BCUT2D eigenvalue weighted by atomic mass is 19.1. The van der Waals surface area contributed by atoms with Crippen molar-refractivity contribution in [1.29, 1.82) is 0 Å². The van der Waals surface area contributed by atoms with Crippen LogP contribution in [0.1, 0.15) is 35.7 Å². The van der Waals surface area contributed by atoms with Crippen molar-refractivity contribution < 1.29 is 23.1 Å². The maximum atomic E-state index is 14.4. The molecule has 1 aliphatic rings. The van der Waals surface area contributed by atoms with Gasteiger partial charge in [-0.15, -0.1) is 0 Å². The van der Waals surface area contributed by atoms with Crippen molar-refractivity contribution in [1.82, 2.24) is 14.9 Å². The van der Waals surface area contributed by atoms with Crippen LogP contribution >= 0.6 is 0 Å². The molecule has 6 nitrogen and oxygen atoms in total. The second-order valence-electron chi connectivity index (χ2n) is 7.97. The number of aromatic nitrogens is 2. The number of hydrogen-bond donors (Lipinski definition) is 0. The van der Waals surface area contributed by atoms with E-state index in [1.165, 1.54) is 12.3 Å². The van der Waals surface area contributed by atoms with Gasteiger partial charge in [-0.05, 0) is 49.9 Å². The molecule has 0 bridgehead atoms. The molecule has 8 heteroatoms. The zero-order valence-electron chi connectivity index (χ0n) is 17.7. The predicted octanol–water partition coefficient (Wildman–Crippen LogP) is 3.94. The summed E-state index contributed by atoms with van der Waals surface area (Å²) in [5, 5.41) is 0. The second-order valence-corrected chi connectivity index (χ2v) is 7.97. The van der Waals surface area contributed by atoms with E-state index in [2.05, 4.69) is 9.97 Å². The number of amides is 1. The number of piperidine rings is 1. The number of hydrogen-bond acceptors (Lipinski definition) is 5. The van der Waals surface area contributed by atoms with Gasteiger partial charge in [-0.25, -0.2) is 8.78 Å². The summed E-state index contributed by atoms with van der Waals surface area (Å²) >= 11 is 0. The Morgan fingerprint density at radius 1 is 1.16 bits per heavy atom. The number of fused-ring (bicyclic) bond motifs is 1. The smallest absolute Gasteiger partial charge is 0.314 e. The highest BCUT2D eigenvalue weighted by Crippen LogP contribution is 2.37. The van der Waals surface area contributed by atoms with Crippen LogP contribution in [0, 0.1) is 17.0 Å². The lowest BCUT2D eigenvalue weighted by Crippen LogP contribution is -2.51. The first-order chi connectivity index (χ1) is 15.4. The van der Waals surface area contributed by atoms with E-state index >= 15 is 0 Å². The number of carbonyl (C=O) groups is 2. The molecule has 1 atom stereocenters. The number of para-hydroxylation sites is 1. The first-order valence-corrected chi connectivity index (χ1v) is 10.5. The van der Waals surface area contributed by atoms with Crippen molar-refractivity contribution in [2.24, 2.45) is 5.41 Å². The molecule has 1 aliphatic heterocycles. The van der Waals surface area contributed by atoms with E-state index in [-0.39, 0.29) is 31.0 Å². The maximum Gasteiger partial charge on any atom is 0.314 e. The molecule has 0 N–H and O–H groups in total. The first-order valence-electron chi connectivity index (χ1n) is 10.5. The van der Waals surface area contributed by atoms with Crippen LogP contribution in [-0.4, -0.2) is 46.4 Å². The minimum atomic E-state index is -1.13. The number of esters is 1. The van der Waals surface area contributed by atoms with Crippen LogP contribution in [0.4, 0.5) is 8.78 Å². The lowest BCUT2D eigenvalue weighted by atomic mass is 9.74. The molecule has 1 fully saturated rings. The van der Waals surface area contributed by atoms with Crippen molar-refractivity contribution in [3.63, 3.8) is 0 Å². The Balaban J connectivity index is 1.68. The second kappa shape index (κ2) is 8.98. The Kier molecular flexibility index (Phi) is 6.12. The number of ether oxygens (including phenoxy) is 1. The molecule has 2 heterocycles. The average Bonchev–Trinajstić information content (AvgIpc) is 2.80. The van der Waals surface area contributed by atoms with Gasteiger partial charge in [0.2, 0.25) is 0 Å². The Morgan fingerprint density at radius 3 is 2.75 bits per heavy atom. The predicted molar refractivity (Wildman–Crippen MR) is 114 cm³/mol. The van der Waals surface area contributed by atoms with Gasteiger partial charge in [0.25, 0.3) is 5.91 Å². The van der Waals surface area contributed by atoms with Gasteiger partial charge < -0.3 is 9.64 Å². The molecule has 0 radical (unpaired) electrons. The molecule has 166 valence electrons. The minimum absolute atomic E-state index is 0.0110. The van der Waals surface area contributed by atoms with Gasteiger partial charge in [0.1, 0.15) is 17.2 Å². The number of halogens is 2. The van der Waals surface area contributed by atoms with Gasteiger partial charge in [0.05, 0.1) is 23.1 Å². The largest absolute Gasteiger partial charge is 0.466 e. The Bertz CT molecular complexity index is 1160. The molecule has 0 saturated carbocycles. The average molecular weight is 439 g/mol. The van der Waals surface area contributed by atoms with Gasteiger partial charge in [-0.3, -0.25) is 19.6 Å². The van der Waals surface area contributed by atoms with E-state index in [4.69, 9.17) is 4.74 Å². The lowest BCUT2D eigenvalue weighted by Gasteiger charge is -2.41. The van der Waals surface area contributed by atoms with Crippen molar-refractivity contribution in [3.8, 4) is 0 Å². The van der Waals surface area contributed by atoms with Crippen LogP contribution in [0.2, 0.25) is 0 Å². The van der Waals surface area contributed by atoms with E-state index in [9.17, 15) is 18.4 Å². The Hall–Kier alpha value is -3.42. The third-order valence-corrected chi connectivity index (χ3v) is 5.85. The van der Waals surface area contributed by atoms with Crippen LogP contribution in [0.3, 0.4) is 0 Å². The highest BCUT2D eigenvalue weighted by molar-refractivity contribution is 6.04. The summed E-state index contributed by atoms with van der Waals surface area (Å²) in [4.78, 5) is 36.6. The quantitative estimate of drug-likeness (QED) is 0.563. The van der Waals surface area contributed by atoms with Gasteiger partial charge in [0, 0.05) is 31.5 Å². The van der Waals surface area contributed by atoms with E-state index < -0.39 is 23.0 Å². The third kappa shape index (κ3) is 4.17. The Morgan fingerprint density at radius 2 is 1.97 bits per heavy atom. The first kappa shape index (κ1) is 21.8. The van der Waals surface area contributed by atoms with E-state index in [1.54, 1.807) is 36.2 Å². The van der Waals surface area contributed by atoms with Gasteiger partial charge in [-0.2, -0.15) is 0 Å². The fourth-order valence-corrected chi connectivity index (χ4v) is 4.34. The molecular formula is C24H23F2N3O3. The molecule has 3 aromatic rings. The molecule has 0 aliphatic carbocycles. The fraction of sp³-hybridized carbons (Fsp3) is 0.333. The summed E-state index contributed by atoms with van der Waals surface area (Å²) in [5.41, 5.74) is 0.559. The van der Waals surface area contributed by atoms with Crippen LogP contribution in [0.15, 0.2) is 48.8 Å². The maximum absolute atomic E-state index is 14.4. The van der Waals surface area contributed by atoms with Crippen LogP contribution in [-0.2, 0) is 16.0 Å². The van der Waals surface area contributed by atoms with Gasteiger partial charge in [0.15, 0.2) is 0 Å². The summed E-state index contributed by atoms with van der Waals surface area (Å²) in [6, 6.07) is 8.50. The van der Waals surface area contributed by atoms with Crippen molar-refractivity contribution >= 4 is 22.9 Å². The molecule has 1 aromatic heterocycles. The van der Waals surface area contributed by atoms with Crippen LogP contribution in [0.25, 0.3) is 11.0 Å². The molecule has 0 spiro atoms. The molecule has 2 aromatic carbocycles. The summed E-state index contributed by atoms with van der Waals surface area (Å²) < 4.78 is 33.1. The van der Waals surface area contributed by atoms with Gasteiger partial charge in [-0.1, -0.05) is 12.1 Å². The van der Waals surface area contributed by atoms with Crippen LogP contribution in [0.5, 0.6) is 0 Å². The van der Waals surface area contributed by atoms with E-state index in [1.807, 2.05) is 0 Å². The van der Waals surface area contributed by atoms with Crippen molar-refractivity contribution in [2.45, 2.75) is 26.2 Å². The standard InChI is InChI=1S/C24H23F2N3O3/c1-2-32-23(31)24(14-16-7-8-17(25)13-19(16)26)9-4-12-29(15-24)22(30)18-5-3-6-20-21(18)28-11-10-27-20/h3,5-8,10-11,13H,2,4,9,12,14-15H2,1H3/t24-/m1/s1. The lowest BCUT2D eigenvalue weighted by molar-refractivity contribution is -0.158. The molecular weight excluding hydrogens is 416 g/mol. The topological polar surface area (TPSA) is 72.4 Å². The third-order valence-electron chi connectivity index (χ3n) is 5.85. The molecule has 4 rings (SSSR count). The number of nitrogens with zero attached hydrogens (tertiary/aromatic N) is 3. The van der Waals surface area contributed by atoms with Crippen molar-refractivity contribution in [3.05, 3.63) is 71.6 Å². The zero-order valence-corrected chi connectivity index (χ0v) is 17.7. The normalized spacial score (nSPS) is 18.5. The summed E-state index contributed by atoms with van der Waals surface area (Å²) in [6.45, 7) is 2.38. The minimum Gasteiger partial charge on any atom is -0.466 e. The van der Waals surface area contributed by atoms with E-state index in [0.29, 0.717) is 36.0 Å². The number of benzene rings is 2. The van der Waals surface area contributed by atoms with E-state index in [0.717, 1.165) is 12.1 Å². The molecule has 1 saturated heterocycles. The van der Waals surface area contributed by atoms with Crippen molar-refractivity contribution in [2.75, 3.05) is 19.7 Å². The monoisotopic (exact) mass is 439 g/mol. The summed E-state index contributed by atoms with van der Waals surface area (Å²) in [5.74, 6) is -2.17. The summed E-state index contributed by atoms with van der Waals surface area (Å²) in [7, 11) is 0. The number of rotatable bonds is 5. The van der Waals surface area contributed by atoms with Gasteiger partial charge >= 0.3 is 5.97 Å². The highest BCUT2D eigenvalue weighted by Gasteiger charge is 2.45. The summed E-state index contributed by atoms with van der Waals surface area (Å²) in [6.07, 6.45) is 4.07. The molecule has 0 unspecified atom stereocenters. The molecule has 32 heavy (non-hydrogen) atoms. The number of carbonyl (C=O) groups excluding carboxylic acids is 2. The number of likely N-dealkylation sites (tertiary alicyclic amines) is 1. The zero-order chi connectivity index (χ0) is 22.7. The Labute approximate surface area is 184 Å². The fourth-order valence-electron chi connectivity index (χ4n) is 4.34.